The molecule has 1 aromatic carbocycles. The first-order valence-electron chi connectivity index (χ1n) is 14.8. The van der Waals surface area contributed by atoms with E-state index < -0.39 is 34.4 Å². The molecule has 8 heteroatoms. The molecule has 0 radical (unpaired) electrons. The first kappa shape index (κ1) is 29.0. The van der Waals surface area contributed by atoms with Crippen molar-refractivity contribution >= 4 is 16.1 Å². The van der Waals surface area contributed by atoms with Crippen molar-refractivity contribution < 1.29 is 32.7 Å². The molecule has 0 aliphatic heterocycles. The second-order valence-corrected chi connectivity index (χ2v) is 15.3. The lowest BCUT2D eigenvalue weighted by molar-refractivity contribution is -0.206. The number of aliphatic hydroxyl groups is 2. The highest BCUT2D eigenvalue weighted by atomic mass is 32.2. The van der Waals surface area contributed by atoms with Gasteiger partial charge in [0.25, 0.3) is 10.1 Å². The second-order valence-electron chi connectivity index (χ2n) is 13.8. The van der Waals surface area contributed by atoms with Gasteiger partial charge in [-0.05, 0) is 117 Å². The highest BCUT2D eigenvalue weighted by Crippen LogP contribution is 2.68. The monoisotopic (exact) mass is 562 g/mol. The minimum absolute atomic E-state index is 0.0906. The van der Waals surface area contributed by atoms with E-state index in [9.17, 15) is 28.5 Å². The Morgan fingerprint density at radius 3 is 2.41 bits per heavy atom. The van der Waals surface area contributed by atoms with Crippen LogP contribution in [-0.2, 0) is 19.1 Å². The van der Waals surface area contributed by atoms with Crippen LogP contribution in [0.25, 0.3) is 0 Å². The largest absolute Gasteiger partial charge is 0.481 e. The van der Waals surface area contributed by atoms with Crippen LogP contribution in [0.4, 0.5) is 0 Å². The normalized spacial score (nSPS) is 42.7. The molecule has 0 aromatic heterocycles. The second kappa shape index (κ2) is 10.4. The van der Waals surface area contributed by atoms with Gasteiger partial charge < -0.3 is 15.3 Å². The number of carboxylic acid groups (broad SMARTS) is 1. The Labute approximate surface area is 233 Å². The maximum absolute atomic E-state index is 13.0. The van der Waals surface area contributed by atoms with Crippen molar-refractivity contribution in [3.8, 4) is 0 Å². The average molecular weight is 563 g/mol. The molecule has 11 atom stereocenters. The van der Waals surface area contributed by atoms with Gasteiger partial charge in [-0.1, -0.05) is 38.5 Å². The lowest BCUT2D eigenvalue weighted by Crippen LogP contribution is -2.62. The van der Waals surface area contributed by atoms with Crippen LogP contribution < -0.4 is 0 Å². The van der Waals surface area contributed by atoms with Crippen molar-refractivity contribution in [2.45, 2.75) is 109 Å². The standard InChI is InChI=1S/C31H46O7S/c1-18-5-8-22(9-6-18)39(36,37)38-21-13-14-30(3)20(15-21)16-26(32)29-24-11-10-23(19(2)7-12-28(34)35)31(24,4)27(33)17-25(29)30/h5-6,8-9,19-21,23-27,29,32-33H,7,10-17H2,1-4H3,(H,34,35)/t19-,20+,21-,23-,24+,25+,26-,27+,29+,30+,31-/m1/s1. The smallest absolute Gasteiger partial charge is 0.303 e. The van der Waals surface area contributed by atoms with Crippen LogP contribution >= 0.6 is 0 Å². The number of carbonyl (C=O) groups is 1. The summed E-state index contributed by atoms with van der Waals surface area (Å²) in [4.78, 5) is 11.4. The number of carboxylic acids is 1. The third-order valence-corrected chi connectivity index (χ3v) is 13.3. The lowest BCUT2D eigenvalue weighted by atomic mass is 9.43. The van der Waals surface area contributed by atoms with E-state index in [4.69, 9.17) is 4.18 Å². The molecule has 4 aliphatic rings. The molecule has 5 rings (SSSR count). The van der Waals surface area contributed by atoms with E-state index in [0.717, 1.165) is 24.8 Å². The van der Waals surface area contributed by atoms with Gasteiger partial charge in [0.2, 0.25) is 0 Å². The summed E-state index contributed by atoms with van der Waals surface area (Å²) >= 11 is 0. The van der Waals surface area contributed by atoms with Crippen molar-refractivity contribution in [3.63, 3.8) is 0 Å². The summed E-state index contributed by atoms with van der Waals surface area (Å²) in [7, 11) is -3.86. The predicted molar refractivity (Wildman–Crippen MR) is 147 cm³/mol. The number of aliphatic carboxylic acids is 1. The van der Waals surface area contributed by atoms with Crippen LogP contribution in [0.1, 0.15) is 84.1 Å². The Morgan fingerprint density at radius 2 is 1.74 bits per heavy atom. The molecule has 4 aliphatic carbocycles. The Balaban J connectivity index is 1.33. The third kappa shape index (κ3) is 4.98. The lowest BCUT2D eigenvalue weighted by Gasteiger charge is -2.63. The fraction of sp³-hybridized carbons (Fsp3) is 0.774. The van der Waals surface area contributed by atoms with E-state index in [-0.39, 0.29) is 57.7 Å². The van der Waals surface area contributed by atoms with E-state index in [0.29, 0.717) is 32.1 Å². The van der Waals surface area contributed by atoms with Gasteiger partial charge in [-0.2, -0.15) is 8.42 Å². The summed E-state index contributed by atoms with van der Waals surface area (Å²) < 4.78 is 31.7. The van der Waals surface area contributed by atoms with Crippen molar-refractivity contribution in [3.05, 3.63) is 29.8 Å². The Bertz CT molecular complexity index is 1170. The molecule has 7 nitrogen and oxygen atoms in total. The Morgan fingerprint density at radius 1 is 1.05 bits per heavy atom. The number of rotatable bonds is 7. The van der Waals surface area contributed by atoms with E-state index >= 15 is 0 Å². The summed E-state index contributed by atoms with van der Waals surface area (Å²) in [6.07, 6.45) is 4.57. The summed E-state index contributed by atoms with van der Waals surface area (Å²) in [5.74, 6) is 0.267. The molecular weight excluding hydrogens is 516 g/mol. The highest BCUT2D eigenvalue weighted by Gasteiger charge is 2.65. The maximum Gasteiger partial charge on any atom is 0.303 e. The zero-order chi connectivity index (χ0) is 28.3. The fourth-order valence-corrected chi connectivity index (χ4v) is 10.8. The molecule has 0 unspecified atom stereocenters. The van der Waals surface area contributed by atoms with E-state index in [2.05, 4.69) is 20.8 Å². The van der Waals surface area contributed by atoms with Crippen molar-refractivity contribution in [2.24, 2.45) is 46.3 Å². The summed E-state index contributed by atoms with van der Waals surface area (Å²) in [5, 5.41) is 32.5. The van der Waals surface area contributed by atoms with Crippen molar-refractivity contribution in [2.75, 3.05) is 0 Å². The fourth-order valence-electron chi connectivity index (χ4n) is 9.69. The number of aliphatic hydroxyl groups excluding tert-OH is 2. The molecule has 4 saturated carbocycles. The Kier molecular flexibility index (Phi) is 7.75. The molecular formula is C31H46O7S. The van der Waals surface area contributed by atoms with E-state index in [1.165, 1.54) is 0 Å². The van der Waals surface area contributed by atoms with Gasteiger partial charge in [-0.15, -0.1) is 0 Å². The van der Waals surface area contributed by atoms with Crippen LogP contribution in [-0.4, -0.2) is 48.0 Å². The first-order chi connectivity index (χ1) is 18.3. The predicted octanol–water partition coefficient (Wildman–Crippen LogP) is 5.17. The van der Waals surface area contributed by atoms with Crippen LogP contribution in [0, 0.1) is 53.3 Å². The zero-order valence-electron chi connectivity index (χ0n) is 23.8. The third-order valence-electron chi connectivity index (χ3n) is 11.9. The van der Waals surface area contributed by atoms with Gasteiger partial charge in [-0.3, -0.25) is 8.98 Å². The molecule has 4 fully saturated rings. The van der Waals surface area contributed by atoms with E-state index in [1.54, 1.807) is 24.3 Å². The van der Waals surface area contributed by atoms with Gasteiger partial charge in [-0.25, -0.2) is 0 Å². The number of hydrogen-bond acceptors (Lipinski definition) is 6. The van der Waals surface area contributed by atoms with Crippen LogP contribution in [0.2, 0.25) is 0 Å². The topological polar surface area (TPSA) is 121 Å². The summed E-state index contributed by atoms with van der Waals surface area (Å²) in [6, 6.07) is 6.72. The van der Waals surface area contributed by atoms with Gasteiger partial charge in [0.1, 0.15) is 0 Å². The van der Waals surface area contributed by atoms with Gasteiger partial charge in [0, 0.05) is 6.42 Å². The molecule has 218 valence electrons. The first-order valence-corrected chi connectivity index (χ1v) is 16.3. The van der Waals surface area contributed by atoms with Crippen molar-refractivity contribution in [1.29, 1.82) is 0 Å². The van der Waals surface area contributed by atoms with Crippen LogP contribution in [0.15, 0.2) is 29.2 Å². The molecule has 0 saturated heterocycles. The molecule has 1 aromatic rings. The number of hydrogen-bond donors (Lipinski definition) is 3. The quantitative estimate of drug-likeness (QED) is 0.392. The van der Waals surface area contributed by atoms with Crippen molar-refractivity contribution in [1.82, 2.24) is 0 Å². The molecule has 0 bridgehead atoms. The average Bonchev–Trinajstić information content (AvgIpc) is 3.22. The molecule has 0 spiro atoms. The van der Waals surface area contributed by atoms with Crippen LogP contribution in [0.5, 0.6) is 0 Å². The van der Waals surface area contributed by atoms with E-state index in [1.807, 2.05) is 6.92 Å². The highest BCUT2D eigenvalue weighted by molar-refractivity contribution is 7.86. The Hall–Kier alpha value is -1.48. The van der Waals surface area contributed by atoms with Crippen LogP contribution in [0.3, 0.4) is 0 Å². The number of aryl methyl sites for hydroxylation is 1. The van der Waals surface area contributed by atoms with Gasteiger partial charge in [0.15, 0.2) is 0 Å². The molecule has 39 heavy (non-hydrogen) atoms. The SMILES string of the molecule is Cc1ccc(S(=O)(=O)O[C@@H]2CC[C@@]3(C)[C@@H](C2)C[C@@H](O)[C@@H]2[C@@H]3C[C@H](O)[C@]3(C)[C@@H]([C@H](C)CCC(=O)O)CC[C@@H]23)cc1. The molecule has 0 amide bonds. The molecule has 3 N–H and O–H groups in total. The summed E-state index contributed by atoms with van der Waals surface area (Å²) in [6.45, 7) is 8.52. The maximum atomic E-state index is 13.0. The minimum Gasteiger partial charge on any atom is -0.481 e. The minimum atomic E-state index is -3.86. The van der Waals surface area contributed by atoms with Gasteiger partial charge in [0.05, 0.1) is 23.2 Å². The molecule has 0 heterocycles. The zero-order valence-corrected chi connectivity index (χ0v) is 24.6. The number of benzene rings is 1. The number of fused-ring (bicyclic) bond motifs is 5. The van der Waals surface area contributed by atoms with Gasteiger partial charge >= 0.3 is 5.97 Å². The summed E-state index contributed by atoms with van der Waals surface area (Å²) in [5.41, 5.74) is 0.570.